The number of hydrogen-bond donors (Lipinski definition) is 4. The molecule has 1 fully saturated rings. The normalized spacial score (nSPS) is 23.9. The number of carbonyl (C=O) groups excluding carboxylic acids is 1. The van der Waals surface area contributed by atoms with Crippen molar-refractivity contribution in [1.29, 1.82) is 0 Å². The van der Waals surface area contributed by atoms with Crippen LogP contribution in [0.3, 0.4) is 0 Å². The predicted octanol–water partition coefficient (Wildman–Crippen LogP) is -1.26. The number of ether oxygens (including phenoxy) is 2. The molecule has 1 amide bonds. The van der Waals surface area contributed by atoms with E-state index >= 15 is 0 Å². The minimum Gasteiger partial charge on any atom is -0.388 e. The zero-order valence-electron chi connectivity index (χ0n) is 16.1. The van der Waals surface area contributed by atoms with Gasteiger partial charge in [-0.05, 0) is 17.7 Å². The average molecular weight is 423 g/mol. The van der Waals surface area contributed by atoms with Gasteiger partial charge in [-0.15, -0.1) is 0 Å². The van der Waals surface area contributed by atoms with E-state index in [0.717, 1.165) is 10.1 Å². The Bertz CT molecular complexity index is 1000. The molecule has 0 unspecified atom stereocenters. The zero-order valence-corrected chi connectivity index (χ0v) is 16.1. The SMILES string of the molecule is COCc1ccc(C(=O)N[C@@H]2CO[C@H](Cn3cc(F)c(=O)[nH]c3=O)[C@@H](O)[C@H]2O)cc1. The number of nitrogens with one attached hydrogen (secondary N) is 2. The molecule has 10 nitrogen and oxygen atoms in total. The molecular weight excluding hydrogens is 401 g/mol. The Morgan fingerprint density at radius 1 is 1.30 bits per heavy atom. The molecule has 0 radical (unpaired) electrons. The maximum Gasteiger partial charge on any atom is 0.328 e. The number of benzene rings is 1. The molecule has 3 rings (SSSR count). The van der Waals surface area contributed by atoms with Crippen molar-refractivity contribution in [3.8, 4) is 0 Å². The molecule has 0 saturated carbocycles. The number of nitrogens with zero attached hydrogens (tertiary/aromatic N) is 1. The fourth-order valence-electron chi connectivity index (χ4n) is 3.15. The van der Waals surface area contributed by atoms with Crippen LogP contribution in [0.25, 0.3) is 0 Å². The fraction of sp³-hybridized carbons (Fsp3) is 0.421. The lowest BCUT2D eigenvalue weighted by Gasteiger charge is -2.38. The Hall–Kier alpha value is -2.86. The summed E-state index contributed by atoms with van der Waals surface area (Å²) in [5.41, 5.74) is -0.783. The Kier molecular flexibility index (Phi) is 6.77. The summed E-state index contributed by atoms with van der Waals surface area (Å²) in [6, 6.07) is 5.79. The quantitative estimate of drug-likeness (QED) is 0.454. The van der Waals surface area contributed by atoms with E-state index in [4.69, 9.17) is 9.47 Å². The van der Waals surface area contributed by atoms with Gasteiger partial charge < -0.3 is 25.0 Å². The van der Waals surface area contributed by atoms with Gasteiger partial charge in [0.25, 0.3) is 11.5 Å². The Morgan fingerprint density at radius 3 is 2.67 bits per heavy atom. The standard InChI is InChI=1S/C19H22FN3O7/c1-29-8-10-2-4-11(5-3-10)17(26)21-13-9-30-14(16(25)15(13)24)7-23-6-12(20)18(27)22-19(23)28/h2-6,13-16,24-25H,7-9H2,1H3,(H,21,26)(H,22,27,28)/t13-,14-,15+,16-/m1/s1. The van der Waals surface area contributed by atoms with Gasteiger partial charge in [-0.2, -0.15) is 4.39 Å². The second-order valence-corrected chi connectivity index (χ2v) is 6.95. The Morgan fingerprint density at radius 2 is 2.00 bits per heavy atom. The van der Waals surface area contributed by atoms with E-state index in [1.165, 1.54) is 0 Å². The molecule has 4 N–H and O–H groups in total. The van der Waals surface area contributed by atoms with Crippen LogP contribution in [0.1, 0.15) is 15.9 Å². The van der Waals surface area contributed by atoms with Crippen LogP contribution in [0, 0.1) is 5.82 Å². The fourth-order valence-corrected chi connectivity index (χ4v) is 3.15. The summed E-state index contributed by atoms with van der Waals surface area (Å²) in [6.07, 6.45) is -3.20. The lowest BCUT2D eigenvalue weighted by molar-refractivity contribution is -0.152. The highest BCUT2D eigenvalue weighted by molar-refractivity contribution is 5.94. The largest absolute Gasteiger partial charge is 0.388 e. The van der Waals surface area contributed by atoms with E-state index in [9.17, 15) is 29.0 Å². The van der Waals surface area contributed by atoms with Crippen molar-refractivity contribution in [3.05, 3.63) is 68.2 Å². The van der Waals surface area contributed by atoms with Gasteiger partial charge in [-0.25, -0.2) is 4.79 Å². The van der Waals surface area contributed by atoms with E-state index in [1.54, 1.807) is 36.4 Å². The second-order valence-electron chi connectivity index (χ2n) is 6.95. The topological polar surface area (TPSA) is 143 Å². The van der Waals surface area contributed by atoms with Crippen molar-refractivity contribution in [3.63, 3.8) is 0 Å². The summed E-state index contributed by atoms with van der Waals surface area (Å²) >= 11 is 0. The molecule has 2 aromatic rings. The second kappa shape index (κ2) is 9.30. The number of aromatic amines is 1. The van der Waals surface area contributed by atoms with Crippen molar-refractivity contribution in [2.24, 2.45) is 0 Å². The molecule has 1 aliphatic rings. The first-order valence-electron chi connectivity index (χ1n) is 9.16. The molecule has 0 bridgehead atoms. The maximum atomic E-state index is 13.4. The van der Waals surface area contributed by atoms with Gasteiger partial charge in [0, 0.05) is 12.7 Å². The minimum atomic E-state index is -1.46. The van der Waals surface area contributed by atoms with Gasteiger partial charge in [-0.3, -0.25) is 19.1 Å². The third kappa shape index (κ3) is 4.82. The molecule has 4 atom stereocenters. The molecule has 1 aromatic heterocycles. The minimum absolute atomic E-state index is 0.142. The van der Waals surface area contributed by atoms with Crippen molar-refractivity contribution in [2.75, 3.05) is 13.7 Å². The average Bonchev–Trinajstić information content (AvgIpc) is 2.72. The van der Waals surface area contributed by atoms with Gasteiger partial charge in [0.1, 0.15) is 18.3 Å². The molecule has 2 heterocycles. The lowest BCUT2D eigenvalue weighted by Crippen LogP contribution is -2.60. The summed E-state index contributed by atoms with van der Waals surface area (Å²) in [7, 11) is 1.56. The van der Waals surface area contributed by atoms with Gasteiger partial charge in [-0.1, -0.05) is 12.1 Å². The molecule has 30 heavy (non-hydrogen) atoms. The van der Waals surface area contributed by atoms with Gasteiger partial charge in [0.15, 0.2) is 0 Å². The van der Waals surface area contributed by atoms with E-state index in [-0.39, 0.29) is 13.2 Å². The van der Waals surface area contributed by atoms with Gasteiger partial charge in [0.05, 0.1) is 32.0 Å². The number of H-pyrrole nitrogens is 1. The van der Waals surface area contributed by atoms with Crippen LogP contribution in [-0.4, -0.2) is 63.7 Å². The Labute approximate surface area is 169 Å². The number of aliphatic hydroxyl groups excluding tert-OH is 2. The highest BCUT2D eigenvalue weighted by atomic mass is 19.1. The Balaban J connectivity index is 1.63. The summed E-state index contributed by atoms with van der Waals surface area (Å²) in [5, 5.41) is 23.3. The van der Waals surface area contributed by atoms with E-state index in [0.29, 0.717) is 18.4 Å². The van der Waals surface area contributed by atoms with Crippen LogP contribution in [0.5, 0.6) is 0 Å². The summed E-state index contributed by atoms with van der Waals surface area (Å²) in [5.74, 6) is -1.63. The molecule has 1 aromatic carbocycles. The summed E-state index contributed by atoms with van der Waals surface area (Å²) in [6.45, 7) is -0.0314. The highest BCUT2D eigenvalue weighted by Crippen LogP contribution is 2.17. The number of amides is 1. The smallest absolute Gasteiger partial charge is 0.328 e. The first-order chi connectivity index (χ1) is 14.3. The summed E-state index contributed by atoms with van der Waals surface area (Å²) < 4.78 is 24.7. The third-order valence-corrected chi connectivity index (χ3v) is 4.82. The number of methoxy groups -OCH3 is 1. The van der Waals surface area contributed by atoms with E-state index in [2.05, 4.69) is 5.32 Å². The van der Waals surface area contributed by atoms with Crippen molar-refractivity contribution < 1.29 is 28.9 Å². The predicted molar refractivity (Wildman–Crippen MR) is 101 cm³/mol. The monoisotopic (exact) mass is 423 g/mol. The number of rotatable bonds is 6. The number of aromatic nitrogens is 2. The molecule has 0 spiro atoms. The molecule has 1 aliphatic heterocycles. The van der Waals surface area contributed by atoms with Crippen LogP contribution in [-0.2, 0) is 22.6 Å². The summed E-state index contributed by atoms with van der Waals surface area (Å²) in [4.78, 5) is 37.1. The van der Waals surface area contributed by atoms with Crippen LogP contribution in [0.4, 0.5) is 4.39 Å². The van der Waals surface area contributed by atoms with Crippen LogP contribution in [0.2, 0.25) is 0 Å². The molecule has 0 aliphatic carbocycles. The van der Waals surface area contributed by atoms with Crippen molar-refractivity contribution >= 4 is 5.91 Å². The van der Waals surface area contributed by atoms with E-state index in [1.807, 2.05) is 0 Å². The number of aliphatic hydroxyl groups is 2. The van der Waals surface area contributed by atoms with Gasteiger partial charge in [0.2, 0.25) is 5.82 Å². The molecule has 1 saturated heterocycles. The number of halogens is 1. The first-order valence-corrected chi connectivity index (χ1v) is 9.16. The lowest BCUT2D eigenvalue weighted by atomic mass is 9.97. The zero-order chi connectivity index (χ0) is 21.8. The molecular formula is C19H22FN3O7. The van der Waals surface area contributed by atoms with Crippen LogP contribution in [0.15, 0.2) is 40.1 Å². The third-order valence-electron chi connectivity index (χ3n) is 4.82. The van der Waals surface area contributed by atoms with Gasteiger partial charge >= 0.3 is 5.69 Å². The first kappa shape index (κ1) is 21.8. The number of carbonyl (C=O) groups is 1. The van der Waals surface area contributed by atoms with Crippen molar-refractivity contribution in [1.82, 2.24) is 14.9 Å². The van der Waals surface area contributed by atoms with E-state index < -0.39 is 47.3 Å². The maximum absolute atomic E-state index is 13.4. The highest BCUT2D eigenvalue weighted by Gasteiger charge is 2.39. The molecule has 11 heteroatoms. The van der Waals surface area contributed by atoms with Crippen molar-refractivity contribution in [2.45, 2.75) is 37.5 Å². The molecule has 162 valence electrons. The number of hydrogen-bond acceptors (Lipinski definition) is 7. The van der Waals surface area contributed by atoms with Crippen LogP contribution >= 0.6 is 0 Å². The van der Waals surface area contributed by atoms with Crippen LogP contribution < -0.4 is 16.6 Å².